The summed E-state index contributed by atoms with van der Waals surface area (Å²) in [4.78, 5) is 0. The van der Waals surface area contributed by atoms with Crippen molar-refractivity contribution in [1.29, 1.82) is 0 Å². The van der Waals surface area contributed by atoms with E-state index < -0.39 is 15.8 Å². The molecule has 0 aliphatic rings. The number of sulfonamides is 1. The quantitative estimate of drug-likeness (QED) is 0.833. The second kappa shape index (κ2) is 6.00. The van der Waals surface area contributed by atoms with Gasteiger partial charge in [0.1, 0.15) is 6.61 Å². The zero-order valence-corrected chi connectivity index (χ0v) is 10.4. The maximum Gasteiger partial charge on any atom is 0.355 e. The summed E-state index contributed by atoms with van der Waals surface area (Å²) in [7, 11) is -4.78. The molecule has 0 amide bonds. The molecule has 0 saturated carbocycles. The first kappa shape index (κ1) is 14.7. The number of halogens is 3. The molecule has 4 nitrogen and oxygen atoms in total. The maximum absolute atomic E-state index is 12.2. The summed E-state index contributed by atoms with van der Waals surface area (Å²) in [5.74, 6) is 1.28. The molecule has 0 aliphatic heterocycles. The summed E-state index contributed by atoms with van der Waals surface area (Å²) in [5, 5.41) is 8.47. The fourth-order valence-electron chi connectivity index (χ4n) is 1.02. The molecule has 0 unspecified atom stereocenters. The van der Waals surface area contributed by atoms with Crippen LogP contribution in [0.15, 0.2) is 18.2 Å². The van der Waals surface area contributed by atoms with Crippen LogP contribution < -0.4 is 4.72 Å². The zero-order chi connectivity index (χ0) is 13.8. The molecule has 0 atom stereocenters. The van der Waals surface area contributed by atoms with Gasteiger partial charge >= 0.3 is 5.76 Å². The minimum absolute atomic E-state index is 0.0335. The van der Waals surface area contributed by atoms with Crippen molar-refractivity contribution in [3.8, 4) is 11.8 Å². The molecule has 1 rings (SSSR count). The van der Waals surface area contributed by atoms with Crippen molar-refractivity contribution in [1.82, 2.24) is 0 Å². The Balaban J connectivity index is 3.09. The minimum atomic E-state index is -4.78. The molecular formula is C10H8ClF2NO3S. The van der Waals surface area contributed by atoms with Crippen LogP contribution in [0.4, 0.5) is 14.5 Å². The average molecular weight is 296 g/mol. The Labute approximate surface area is 108 Å². The highest BCUT2D eigenvalue weighted by Crippen LogP contribution is 2.25. The molecule has 0 bridgehead atoms. The van der Waals surface area contributed by atoms with E-state index in [0.717, 1.165) is 0 Å². The summed E-state index contributed by atoms with van der Waals surface area (Å²) in [5.41, 5.74) is 0.141. The van der Waals surface area contributed by atoms with Crippen molar-refractivity contribution in [3.63, 3.8) is 0 Å². The Kier molecular flexibility index (Phi) is 4.90. The molecule has 1 aromatic carbocycles. The van der Waals surface area contributed by atoms with Crippen molar-refractivity contribution in [3.05, 3.63) is 28.8 Å². The van der Waals surface area contributed by atoms with Crippen molar-refractivity contribution < 1.29 is 22.3 Å². The molecule has 8 heteroatoms. The monoisotopic (exact) mass is 295 g/mol. The predicted octanol–water partition coefficient (Wildman–Crippen LogP) is 1.65. The second-order valence-electron chi connectivity index (χ2n) is 3.06. The smallest absolute Gasteiger partial charge is 0.355 e. The van der Waals surface area contributed by atoms with E-state index in [-0.39, 0.29) is 17.3 Å². The van der Waals surface area contributed by atoms with Crippen LogP contribution >= 0.6 is 11.6 Å². The van der Waals surface area contributed by atoms with E-state index in [0.29, 0.717) is 5.56 Å². The fourth-order valence-corrected chi connectivity index (χ4v) is 1.81. The number of aliphatic hydroxyl groups excluding tert-OH is 1. The van der Waals surface area contributed by atoms with Gasteiger partial charge in [0.15, 0.2) is 0 Å². The zero-order valence-electron chi connectivity index (χ0n) is 8.82. The van der Waals surface area contributed by atoms with E-state index in [4.69, 9.17) is 16.7 Å². The van der Waals surface area contributed by atoms with Crippen LogP contribution in [0.2, 0.25) is 5.02 Å². The number of hydrogen-bond donors (Lipinski definition) is 2. The lowest BCUT2D eigenvalue weighted by molar-refractivity contribution is 0.236. The van der Waals surface area contributed by atoms with Gasteiger partial charge in [-0.15, -0.1) is 0 Å². The van der Waals surface area contributed by atoms with E-state index in [1.54, 1.807) is 4.72 Å². The predicted molar refractivity (Wildman–Crippen MR) is 64.0 cm³/mol. The molecule has 0 radical (unpaired) electrons. The number of nitrogens with one attached hydrogen (secondary N) is 1. The SMILES string of the molecule is O=S(=O)(Nc1cc(C#CCO)ccc1Cl)C(F)F. The Hall–Kier alpha value is -1.36. The van der Waals surface area contributed by atoms with Crippen LogP contribution in [0.5, 0.6) is 0 Å². The molecule has 0 aromatic heterocycles. The van der Waals surface area contributed by atoms with E-state index in [1.165, 1.54) is 18.2 Å². The maximum atomic E-state index is 12.2. The molecule has 2 N–H and O–H groups in total. The Bertz CT molecular complexity index is 593. The number of rotatable bonds is 3. The number of anilines is 1. The highest BCUT2D eigenvalue weighted by atomic mass is 35.5. The molecule has 0 saturated heterocycles. The van der Waals surface area contributed by atoms with E-state index in [9.17, 15) is 17.2 Å². The molecule has 0 spiro atoms. The van der Waals surface area contributed by atoms with Gasteiger partial charge in [0.05, 0.1) is 10.7 Å². The number of aliphatic hydroxyl groups is 1. The van der Waals surface area contributed by atoms with E-state index >= 15 is 0 Å². The van der Waals surface area contributed by atoms with Gasteiger partial charge in [-0.1, -0.05) is 23.4 Å². The lowest BCUT2D eigenvalue weighted by Crippen LogP contribution is -2.20. The third-order valence-corrected chi connectivity index (χ3v) is 3.07. The second-order valence-corrected chi connectivity index (χ2v) is 5.12. The van der Waals surface area contributed by atoms with Crippen molar-refractivity contribution in [2.45, 2.75) is 5.76 Å². The third-order valence-electron chi connectivity index (χ3n) is 1.76. The van der Waals surface area contributed by atoms with Crippen molar-refractivity contribution in [2.24, 2.45) is 0 Å². The van der Waals surface area contributed by atoms with Crippen LogP contribution in [0.3, 0.4) is 0 Å². The van der Waals surface area contributed by atoms with Gasteiger partial charge in [0.2, 0.25) is 0 Å². The Morgan fingerprint density at radius 3 is 2.67 bits per heavy atom. The number of hydrogen-bond acceptors (Lipinski definition) is 3. The number of alkyl halides is 2. The first-order chi connectivity index (χ1) is 8.36. The largest absolute Gasteiger partial charge is 0.384 e. The van der Waals surface area contributed by atoms with Crippen LogP contribution in [0.25, 0.3) is 0 Å². The van der Waals surface area contributed by atoms with Gasteiger partial charge < -0.3 is 5.11 Å². The number of benzene rings is 1. The average Bonchev–Trinajstić information content (AvgIpc) is 2.29. The third kappa shape index (κ3) is 3.84. The summed E-state index contributed by atoms with van der Waals surface area (Å²) in [6.45, 7) is -0.374. The van der Waals surface area contributed by atoms with Crippen LogP contribution in [-0.2, 0) is 10.0 Å². The van der Waals surface area contributed by atoms with E-state index in [1.807, 2.05) is 0 Å². The molecular weight excluding hydrogens is 288 g/mol. The standard InChI is InChI=1S/C10H8ClF2NO3S/c11-8-4-3-7(2-1-5-15)6-9(8)14-18(16,17)10(12)13/h3-4,6,10,14-15H,5H2. The van der Waals surface area contributed by atoms with Gasteiger partial charge in [-0.2, -0.15) is 8.78 Å². The Morgan fingerprint density at radius 1 is 1.44 bits per heavy atom. The molecule has 1 aromatic rings. The molecule has 0 heterocycles. The summed E-state index contributed by atoms with van der Waals surface area (Å²) in [6.07, 6.45) is 0. The first-order valence-electron chi connectivity index (χ1n) is 4.56. The van der Waals surface area contributed by atoms with Gasteiger partial charge in [0, 0.05) is 5.56 Å². The van der Waals surface area contributed by atoms with Gasteiger partial charge in [-0.05, 0) is 18.2 Å². The van der Waals surface area contributed by atoms with Crippen molar-refractivity contribution in [2.75, 3.05) is 11.3 Å². The molecule has 98 valence electrons. The van der Waals surface area contributed by atoms with Gasteiger partial charge in [-0.25, -0.2) is 8.42 Å². The topological polar surface area (TPSA) is 66.4 Å². The molecule has 18 heavy (non-hydrogen) atoms. The highest BCUT2D eigenvalue weighted by molar-refractivity contribution is 7.93. The van der Waals surface area contributed by atoms with Crippen LogP contribution in [-0.4, -0.2) is 25.9 Å². The Morgan fingerprint density at radius 2 is 2.11 bits per heavy atom. The molecule has 0 aliphatic carbocycles. The summed E-state index contributed by atoms with van der Waals surface area (Å²) >= 11 is 5.67. The molecule has 0 fully saturated rings. The highest BCUT2D eigenvalue weighted by Gasteiger charge is 2.24. The van der Waals surface area contributed by atoms with Gasteiger partial charge in [-0.3, -0.25) is 4.72 Å². The summed E-state index contributed by atoms with van der Waals surface area (Å²) in [6, 6.07) is 3.97. The first-order valence-corrected chi connectivity index (χ1v) is 6.48. The fraction of sp³-hybridized carbons (Fsp3) is 0.200. The van der Waals surface area contributed by atoms with E-state index in [2.05, 4.69) is 11.8 Å². The van der Waals surface area contributed by atoms with Crippen LogP contribution in [0, 0.1) is 11.8 Å². The normalized spacial score (nSPS) is 10.9. The summed E-state index contributed by atoms with van der Waals surface area (Å²) < 4.78 is 48.0. The van der Waals surface area contributed by atoms with Gasteiger partial charge in [0.25, 0.3) is 10.0 Å². The van der Waals surface area contributed by atoms with Crippen LogP contribution in [0.1, 0.15) is 5.56 Å². The minimum Gasteiger partial charge on any atom is -0.384 e. The van der Waals surface area contributed by atoms with Crippen molar-refractivity contribution >= 4 is 27.3 Å². The lowest BCUT2D eigenvalue weighted by atomic mass is 10.2. The lowest BCUT2D eigenvalue weighted by Gasteiger charge is -2.08.